The fourth-order valence-corrected chi connectivity index (χ4v) is 1.79. The molecule has 0 aliphatic heterocycles. The molecule has 1 aliphatic rings. The highest BCUT2D eigenvalue weighted by molar-refractivity contribution is 5.26. The Bertz CT molecular complexity index is 241. The van der Waals surface area contributed by atoms with Crippen molar-refractivity contribution in [1.29, 1.82) is 0 Å². The summed E-state index contributed by atoms with van der Waals surface area (Å²) in [6.07, 6.45) is 7.44. The highest BCUT2D eigenvalue weighted by atomic mass is 16.3. The monoisotopic (exact) mass is 151 g/mol. The van der Waals surface area contributed by atoms with E-state index in [1.807, 2.05) is 19.6 Å². The van der Waals surface area contributed by atoms with E-state index in [1.54, 1.807) is 0 Å². The smallest absolute Gasteiger partial charge is 0.0953 e. The summed E-state index contributed by atoms with van der Waals surface area (Å²) in [5.41, 5.74) is 2.74. The second-order valence-corrected chi connectivity index (χ2v) is 3.09. The molecule has 0 radical (unpaired) electrons. The summed E-state index contributed by atoms with van der Waals surface area (Å²) >= 11 is 0. The second kappa shape index (κ2) is 2.70. The van der Waals surface area contributed by atoms with Crippen molar-refractivity contribution in [2.24, 2.45) is 0 Å². The van der Waals surface area contributed by atoms with Crippen LogP contribution >= 0.6 is 0 Å². The highest BCUT2D eigenvalue weighted by Gasteiger charge is 2.19. The van der Waals surface area contributed by atoms with Gasteiger partial charge in [0.25, 0.3) is 0 Å². The number of nitrogens with one attached hydrogen (secondary N) is 1. The molecule has 2 rings (SSSR count). The Morgan fingerprint density at radius 3 is 3.27 bits per heavy atom. The molecule has 2 nitrogen and oxygen atoms in total. The van der Waals surface area contributed by atoms with Crippen molar-refractivity contribution in [3.05, 3.63) is 23.7 Å². The predicted octanol–water partition coefficient (Wildman–Crippen LogP) is 1.88. The SMILES string of the molecule is CNC1CCCc2cocc21. The third-order valence-electron chi connectivity index (χ3n) is 2.44. The van der Waals surface area contributed by atoms with Crippen molar-refractivity contribution in [3.8, 4) is 0 Å². The number of aryl methyl sites for hydroxylation is 1. The first kappa shape index (κ1) is 6.92. The molecule has 1 aliphatic carbocycles. The quantitative estimate of drug-likeness (QED) is 0.663. The Morgan fingerprint density at radius 1 is 1.55 bits per heavy atom. The average molecular weight is 151 g/mol. The van der Waals surface area contributed by atoms with Gasteiger partial charge in [-0.25, -0.2) is 0 Å². The van der Waals surface area contributed by atoms with E-state index in [9.17, 15) is 0 Å². The van der Waals surface area contributed by atoms with Gasteiger partial charge in [-0.3, -0.25) is 0 Å². The molecule has 1 aromatic rings. The van der Waals surface area contributed by atoms with Crippen LogP contribution in [-0.2, 0) is 6.42 Å². The molecule has 0 saturated heterocycles. The van der Waals surface area contributed by atoms with Crippen LogP contribution in [0.5, 0.6) is 0 Å². The van der Waals surface area contributed by atoms with Gasteiger partial charge in [0, 0.05) is 11.6 Å². The first-order valence-corrected chi connectivity index (χ1v) is 4.14. The molecule has 1 atom stereocenters. The number of rotatable bonds is 1. The van der Waals surface area contributed by atoms with Gasteiger partial charge in [0.1, 0.15) is 0 Å². The van der Waals surface area contributed by atoms with E-state index in [2.05, 4.69) is 5.32 Å². The topological polar surface area (TPSA) is 25.2 Å². The Labute approximate surface area is 66.6 Å². The minimum absolute atomic E-state index is 0.525. The maximum absolute atomic E-state index is 5.16. The first-order valence-electron chi connectivity index (χ1n) is 4.14. The minimum atomic E-state index is 0.525. The van der Waals surface area contributed by atoms with Gasteiger partial charge in [0.05, 0.1) is 12.5 Å². The molecular weight excluding hydrogens is 138 g/mol. The zero-order valence-corrected chi connectivity index (χ0v) is 6.76. The molecule has 0 fully saturated rings. The Morgan fingerprint density at radius 2 is 2.45 bits per heavy atom. The van der Waals surface area contributed by atoms with Crippen LogP contribution in [0.1, 0.15) is 30.0 Å². The third-order valence-corrected chi connectivity index (χ3v) is 2.44. The van der Waals surface area contributed by atoms with E-state index < -0.39 is 0 Å². The molecule has 1 N–H and O–H groups in total. The van der Waals surface area contributed by atoms with E-state index >= 15 is 0 Å². The normalized spacial score (nSPS) is 23.2. The largest absolute Gasteiger partial charge is 0.472 e. The Kier molecular flexibility index (Phi) is 1.70. The molecule has 0 spiro atoms. The lowest BCUT2D eigenvalue weighted by Gasteiger charge is -2.20. The molecule has 0 bridgehead atoms. The van der Waals surface area contributed by atoms with Crippen LogP contribution in [0.3, 0.4) is 0 Å². The van der Waals surface area contributed by atoms with E-state index in [-0.39, 0.29) is 0 Å². The molecule has 1 heterocycles. The molecule has 2 heteroatoms. The average Bonchev–Trinajstić information content (AvgIpc) is 2.50. The van der Waals surface area contributed by atoms with Crippen molar-refractivity contribution < 1.29 is 4.42 Å². The number of fused-ring (bicyclic) bond motifs is 1. The summed E-state index contributed by atoms with van der Waals surface area (Å²) in [5, 5.41) is 3.29. The van der Waals surface area contributed by atoms with Gasteiger partial charge in [-0.15, -0.1) is 0 Å². The summed E-state index contributed by atoms with van der Waals surface area (Å²) in [6, 6.07) is 0.525. The third kappa shape index (κ3) is 1.07. The fourth-order valence-electron chi connectivity index (χ4n) is 1.79. The molecule has 60 valence electrons. The van der Waals surface area contributed by atoms with Gasteiger partial charge in [-0.05, 0) is 31.9 Å². The highest BCUT2D eigenvalue weighted by Crippen LogP contribution is 2.29. The van der Waals surface area contributed by atoms with Gasteiger partial charge in [0.15, 0.2) is 0 Å². The summed E-state index contributed by atoms with van der Waals surface area (Å²) < 4.78 is 5.16. The van der Waals surface area contributed by atoms with Crippen LogP contribution in [0.15, 0.2) is 16.9 Å². The second-order valence-electron chi connectivity index (χ2n) is 3.09. The summed E-state index contributed by atoms with van der Waals surface area (Å²) in [7, 11) is 2.01. The Balaban J connectivity index is 2.32. The Hall–Kier alpha value is -0.760. The molecular formula is C9H13NO. The lowest BCUT2D eigenvalue weighted by atomic mass is 9.91. The summed E-state index contributed by atoms with van der Waals surface area (Å²) in [6.45, 7) is 0. The van der Waals surface area contributed by atoms with Crippen LogP contribution in [0.25, 0.3) is 0 Å². The first-order chi connectivity index (χ1) is 5.42. The standard InChI is InChI=1S/C9H13NO/c1-10-9-4-2-3-7-5-11-6-8(7)9/h5-6,9-10H,2-4H2,1H3. The van der Waals surface area contributed by atoms with Crippen LogP contribution in [0, 0.1) is 0 Å². The van der Waals surface area contributed by atoms with Crippen molar-refractivity contribution in [2.75, 3.05) is 7.05 Å². The molecule has 0 amide bonds. The molecule has 1 aromatic heterocycles. The fraction of sp³-hybridized carbons (Fsp3) is 0.556. The summed E-state index contributed by atoms with van der Waals surface area (Å²) in [4.78, 5) is 0. The van der Waals surface area contributed by atoms with E-state index in [1.165, 1.54) is 30.4 Å². The predicted molar refractivity (Wildman–Crippen MR) is 43.4 cm³/mol. The minimum Gasteiger partial charge on any atom is -0.472 e. The maximum Gasteiger partial charge on any atom is 0.0953 e. The number of furan rings is 1. The summed E-state index contributed by atoms with van der Waals surface area (Å²) in [5.74, 6) is 0. The van der Waals surface area contributed by atoms with Gasteiger partial charge in [-0.1, -0.05) is 0 Å². The van der Waals surface area contributed by atoms with Crippen molar-refractivity contribution in [3.63, 3.8) is 0 Å². The molecule has 11 heavy (non-hydrogen) atoms. The van der Waals surface area contributed by atoms with E-state index in [4.69, 9.17) is 4.42 Å². The van der Waals surface area contributed by atoms with Gasteiger partial charge >= 0.3 is 0 Å². The molecule has 0 saturated carbocycles. The van der Waals surface area contributed by atoms with Gasteiger partial charge in [-0.2, -0.15) is 0 Å². The number of hydrogen-bond acceptors (Lipinski definition) is 2. The molecule has 0 aromatic carbocycles. The van der Waals surface area contributed by atoms with Crippen molar-refractivity contribution in [2.45, 2.75) is 25.3 Å². The lowest BCUT2D eigenvalue weighted by Crippen LogP contribution is -2.20. The van der Waals surface area contributed by atoms with Gasteiger partial charge < -0.3 is 9.73 Å². The maximum atomic E-state index is 5.16. The van der Waals surface area contributed by atoms with Crippen LogP contribution in [-0.4, -0.2) is 7.05 Å². The van der Waals surface area contributed by atoms with Gasteiger partial charge in [0.2, 0.25) is 0 Å². The van der Waals surface area contributed by atoms with Crippen molar-refractivity contribution >= 4 is 0 Å². The van der Waals surface area contributed by atoms with Crippen LogP contribution < -0.4 is 5.32 Å². The zero-order valence-electron chi connectivity index (χ0n) is 6.76. The van der Waals surface area contributed by atoms with E-state index in [0.717, 1.165) is 0 Å². The van der Waals surface area contributed by atoms with E-state index in [0.29, 0.717) is 6.04 Å². The van der Waals surface area contributed by atoms with Crippen LogP contribution in [0.2, 0.25) is 0 Å². The molecule has 1 unspecified atom stereocenters. The number of hydrogen-bond donors (Lipinski definition) is 1. The lowest BCUT2D eigenvalue weighted by molar-refractivity contribution is 0.495. The zero-order chi connectivity index (χ0) is 7.68. The van der Waals surface area contributed by atoms with Crippen LogP contribution in [0.4, 0.5) is 0 Å². The van der Waals surface area contributed by atoms with Crippen molar-refractivity contribution in [1.82, 2.24) is 5.32 Å².